The molecule has 68 valence electrons. The number of halogens is 1. The van der Waals surface area contributed by atoms with E-state index in [4.69, 9.17) is 11.6 Å². The minimum Gasteiger partial charge on any atom is -0.428 e. The standard InChI is InChI=1S/C9H7ClO3/c1-4-6(10)3-2-5-7(4)9(12)13-8(5)11/h2-3,8,11H,1H3. The minimum absolute atomic E-state index is 0.389. The molecule has 1 aromatic rings. The molecule has 2 rings (SSSR count). The highest BCUT2D eigenvalue weighted by atomic mass is 35.5. The van der Waals surface area contributed by atoms with Crippen LogP contribution in [-0.2, 0) is 4.74 Å². The molecule has 1 aliphatic rings. The number of fused-ring (bicyclic) bond motifs is 1. The van der Waals surface area contributed by atoms with Crippen LogP contribution in [0.1, 0.15) is 27.8 Å². The molecule has 0 fully saturated rings. The van der Waals surface area contributed by atoms with E-state index in [2.05, 4.69) is 4.74 Å². The normalized spacial score (nSPS) is 19.9. The van der Waals surface area contributed by atoms with Crippen LogP contribution >= 0.6 is 11.6 Å². The summed E-state index contributed by atoms with van der Waals surface area (Å²) in [4.78, 5) is 11.2. The highest BCUT2D eigenvalue weighted by Gasteiger charge is 2.31. The summed E-state index contributed by atoms with van der Waals surface area (Å²) in [6, 6.07) is 3.24. The summed E-state index contributed by atoms with van der Waals surface area (Å²) >= 11 is 5.82. The van der Waals surface area contributed by atoms with Crippen molar-refractivity contribution in [3.8, 4) is 0 Å². The molecular weight excluding hydrogens is 192 g/mol. The average Bonchev–Trinajstić information content (AvgIpc) is 2.35. The fraction of sp³-hybridized carbons (Fsp3) is 0.222. The number of rotatable bonds is 0. The lowest BCUT2D eigenvalue weighted by molar-refractivity contribution is -0.0547. The molecule has 1 unspecified atom stereocenters. The summed E-state index contributed by atoms with van der Waals surface area (Å²) < 4.78 is 4.63. The van der Waals surface area contributed by atoms with Crippen molar-refractivity contribution in [2.45, 2.75) is 13.2 Å². The average molecular weight is 199 g/mol. The van der Waals surface area contributed by atoms with Gasteiger partial charge in [0.15, 0.2) is 0 Å². The summed E-state index contributed by atoms with van der Waals surface area (Å²) in [5, 5.41) is 9.79. The summed E-state index contributed by atoms with van der Waals surface area (Å²) in [6.45, 7) is 1.72. The first kappa shape index (κ1) is 8.53. The van der Waals surface area contributed by atoms with Crippen molar-refractivity contribution in [3.05, 3.63) is 33.8 Å². The van der Waals surface area contributed by atoms with E-state index in [1.807, 2.05) is 0 Å². The topological polar surface area (TPSA) is 46.5 Å². The Hall–Kier alpha value is -1.06. The van der Waals surface area contributed by atoms with Gasteiger partial charge in [-0.1, -0.05) is 17.7 Å². The SMILES string of the molecule is Cc1c(Cl)ccc2c1C(=O)OC2O. The van der Waals surface area contributed by atoms with Crippen LogP contribution in [0.5, 0.6) is 0 Å². The second-order valence-electron chi connectivity index (χ2n) is 2.89. The lowest BCUT2D eigenvalue weighted by Gasteiger charge is -2.02. The largest absolute Gasteiger partial charge is 0.428 e. The third kappa shape index (κ3) is 1.12. The number of hydrogen-bond acceptors (Lipinski definition) is 3. The van der Waals surface area contributed by atoms with Crippen LogP contribution in [0.15, 0.2) is 12.1 Å². The monoisotopic (exact) mass is 198 g/mol. The molecular formula is C9H7ClO3. The molecule has 13 heavy (non-hydrogen) atoms. The molecule has 0 amide bonds. The lowest BCUT2D eigenvalue weighted by Crippen LogP contribution is -1.97. The lowest BCUT2D eigenvalue weighted by atomic mass is 10.0. The molecule has 1 atom stereocenters. The highest BCUT2D eigenvalue weighted by Crippen LogP contribution is 2.33. The molecule has 1 heterocycles. The quantitative estimate of drug-likeness (QED) is 0.647. The molecule has 4 heteroatoms. The van der Waals surface area contributed by atoms with Gasteiger partial charge in [0.25, 0.3) is 0 Å². The Balaban J connectivity index is 2.71. The zero-order valence-corrected chi connectivity index (χ0v) is 7.63. The van der Waals surface area contributed by atoms with Crippen molar-refractivity contribution in [3.63, 3.8) is 0 Å². The maximum Gasteiger partial charge on any atom is 0.341 e. The van der Waals surface area contributed by atoms with Crippen LogP contribution < -0.4 is 0 Å². The van der Waals surface area contributed by atoms with Gasteiger partial charge in [-0.2, -0.15) is 0 Å². The fourth-order valence-electron chi connectivity index (χ4n) is 1.41. The number of aliphatic hydroxyl groups is 1. The number of aliphatic hydroxyl groups excluding tert-OH is 1. The van der Waals surface area contributed by atoms with Gasteiger partial charge < -0.3 is 9.84 Å². The number of carbonyl (C=O) groups is 1. The molecule has 0 saturated carbocycles. The fourth-order valence-corrected chi connectivity index (χ4v) is 1.57. The molecule has 1 aliphatic heterocycles. The van der Waals surface area contributed by atoms with Crippen molar-refractivity contribution in [2.75, 3.05) is 0 Å². The van der Waals surface area contributed by atoms with Crippen molar-refractivity contribution in [1.29, 1.82) is 0 Å². The van der Waals surface area contributed by atoms with Crippen LogP contribution in [-0.4, -0.2) is 11.1 Å². The molecule has 0 aliphatic carbocycles. The van der Waals surface area contributed by atoms with Gasteiger partial charge in [0.1, 0.15) is 0 Å². The molecule has 1 N–H and O–H groups in total. The Labute approximate surface area is 79.9 Å². The number of cyclic esters (lactones) is 1. The number of esters is 1. The summed E-state index contributed by atoms with van der Waals surface area (Å²) in [6.07, 6.45) is -1.14. The van der Waals surface area contributed by atoms with E-state index in [-0.39, 0.29) is 0 Å². The zero-order valence-electron chi connectivity index (χ0n) is 6.87. The van der Waals surface area contributed by atoms with Gasteiger partial charge in [0.2, 0.25) is 6.29 Å². The first-order valence-corrected chi connectivity index (χ1v) is 4.17. The highest BCUT2D eigenvalue weighted by molar-refractivity contribution is 6.31. The van der Waals surface area contributed by atoms with Crippen LogP contribution in [0, 0.1) is 6.92 Å². The van der Waals surface area contributed by atoms with Crippen molar-refractivity contribution in [1.82, 2.24) is 0 Å². The summed E-state index contributed by atoms with van der Waals surface area (Å²) in [7, 11) is 0. The van der Waals surface area contributed by atoms with E-state index in [1.54, 1.807) is 19.1 Å². The first-order valence-electron chi connectivity index (χ1n) is 3.79. The third-order valence-corrected chi connectivity index (χ3v) is 2.53. The molecule has 0 aromatic heterocycles. The molecule has 1 aromatic carbocycles. The Morgan fingerprint density at radius 1 is 1.54 bits per heavy atom. The molecule has 0 saturated heterocycles. The van der Waals surface area contributed by atoms with Gasteiger partial charge in [-0.05, 0) is 18.6 Å². The summed E-state index contributed by atoms with van der Waals surface area (Å²) in [5.74, 6) is -0.512. The van der Waals surface area contributed by atoms with E-state index in [9.17, 15) is 9.90 Å². The number of hydrogen-bond donors (Lipinski definition) is 1. The Bertz CT molecular complexity index is 387. The van der Waals surface area contributed by atoms with Gasteiger partial charge in [0.05, 0.1) is 5.56 Å². The van der Waals surface area contributed by atoms with E-state index in [0.717, 1.165) is 0 Å². The van der Waals surface area contributed by atoms with E-state index in [1.165, 1.54) is 0 Å². The maximum atomic E-state index is 11.2. The van der Waals surface area contributed by atoms with Crippen LogP contribution in [0.3, 0.4) is 0 Å². The van der Waals surface area contributed by atoms with Crippen LogP contribution in [0.25, 0.3) is 0 Å². The van der Waals surface area contributed by atoms with Gasteiger partial charge in [0, 0.05) is 10.6 Å². The zero-order chi connectivity index (χ0) is 9.59. The smallest absolute Gasteiger partial charge is 0.341 e. The van der Waals surface area contributed by atoms with E-state index in [0.29, 0.717) is 21.7 Å². The van der Waals surface area contributed by atoms with E-state index >= 15 is 0 Å². The predicted octanol–water partition coefficient (Wildman–Crippen LogP) is 1.81. The van der Waals surface area contributed by atoms with Gasteiger partial charge in [-0.25, -0.2) is 4.79 Å². The molecule has 0 spiro atoms. The van der Waals surface area contributed by atoms with Crippen molar-refractivity contribution >= 4 is 17.6 Å². The van der Waals surface area contributed by atoms with Gasteiger partial charge in [-0.15, -0.1) is 0 Å². The van der Waals surface area contributed by atoms with Crippen LogP contribution in [0.2, 0.25) is 5.02 Å². The predicted molar refractivity (Wildman–Crippen MR) is 46.6 cm³/mol. The number of carbonyl (C=O) groups excluding carboxylic acids is 1. The first-order chi connectivity index (χ1) is 6.11. The second-order valence-corrected chi connectivity index (χ2v) is 3.30. The van der Waals surface area contributed by atoms with Crippen LogP contribution in [0.4, 0.5) is 0 Å². The van der Waals surface area contributed by atoms with Gasteiger partial charge >= 0.3 is 5.97 Å². The van der Waals surface area contributed by atoms with E-state index < -0.39 is 12.3 Å². The Morgan fingerprint density at radius 2 is 2.23 bits per heavy atom. The minimum atomic E-state index is -1.14. The molecule has 0 bridgehead atoms. The van der Waals surface area contributed by atoms with Gasteiger partial charge in [-0.3, -0.25) is 0 Å². The number of ether oxygens (including phenoxy) is 1. The Morgan fingerprint density at radius 3 is 2.92 bits per heavy atom. The Kier molecular flexibility index (Phi) is 1.78. The maximum absolute atomic E-state index is 11.2. The van der Waals surface area contributed by atoms with Crippen molar-refractivity contribution < 1.29 is 14.6 Å². The number of benzene rings is 1. The third-order valence-electron chi connectivity index (χ3n) is 2.12. The molecule has 3 nitrogen and oxygen atoms in total. The van der Waals surface area contributed by atoms with Crippen molar-refractivity contribution in [2.24, 2.45) is 0 Å². The molecule has 0 radical (unpaired) electrons. The second kappa shape index (κ2) is 2.72. The summed E-state index contributed by atoms with van der Waals surface area (Å²) in [5.41, 5.74) is 1.53.